The molecular formula is C28H35N3O4. The fourth-order valence-corrected chi connectivity index (χ4v) is 4.75. The average Bonchev–Trinajstić information content (AvgIpc) is 3.33. The number of piperidine rings is 1. The highest BCUT2D eigenvalue weighted by Gasteiger charge is 2.30. The maximum absolute atomic E-state index is 13.2. The van der Waals surface area contributed by atoms with Gasteiger partial charge in [-0.15, -0.1) is 0 Å². The molecule has 0 aromatic heterocycles. The summed E-state index contributed by atoms with van der Waals surface area (Å²) in [4.78, 5) is 40.3. The van der Waals surface area contributed by atoms with E-state index in [1.807, 2.05) is 24.3 Å². The molecule has 2 atom stereocenters. The summed E-state index contributed by atoms with van der Waals surface area (Å²) in [6.07, 6.45) is 6.00. The van der Waals surface area contributed by atoms with E-state index in [1.165, 1.54) is 12.8 Å². The van der Waals surface area contributed by atoms with Crippen molar-refractivity contribution in [3.05, 3.63) is 59.7 Å². The first kappa shape index (κ1) is 24.8. The fraction of sp³-hybridized carbons (Fsp3) is 0.464. The van der Waals surface area contributed by atoms with E-state index in [9.17, 15) is 14.4 Å². The maximum Gasteiger partial charge on any atom is 0.265 e. The Bertz CT molecular complexity index is 1030. The number of hydrogen-bond donors (Lipinski definition) is 2. The molecule has 0 radical (unpaired) electrons. The molecule has 0 bridgehead atoms. The molecule has 2 aromatic carbocycles. The molecule has 0 spiro atoms. The molecule has 1 saturated heterocycles. The van der Waals surface area contributed by atoms with Crippen molar-refractivity contribution in [2.45, 2.75) is 58.0 Å². The number of benzene rings is 2. The van der Waals surface area contributed by atoms with Gasteiger partial charge in [-0.25, -0.2) is 0 Å². The molecule has 3 amide bonds. The van der Waals surface area contributed by atoms with Crippen LogP contribution in [0, 0.1) is 5.92 Å². The number of ether oxygens (including phenoxy) is 1. The number of para-hydroxylation sites is 1. The molecule has 0 saturated carbocycles. The van der Waals surface area contributed by atoms with Crippen molar-refractivity contribution in [2.75, 3.05) is 25.0 Å². The molecule has 2 aromatic rings. The number of rotatable bonds is 9. The molecule has 186 valence electrons. The van der Waals surface area contributed by atoms with Crippen LogP contribution in [0.4, 0.5) is 5.69 Å². The molecule has 2 aliphatic heterocycles. The summed E-state index contributed by atoms with van der Waals surface area (Å²) in [5.74, 6) is 0.243. The van der Waals surface area contributed by atoms with Crippen molar-refractivity contribution in [2.24, 2.45) is 5.92 Å². The van der Waals surface area contributed by atoms with Crippen molar-refractivity contribution in [3.63, 3.8) is 0 Å². The number of hydrogen-bond acceptors (Lipinski definition) is 4. The van der Waals surface area contributed by atoms with Crippen LogP contribution in [0.25, 0.3) is 0 Å². The van der Waals surface area contributed by atoms with Gasteiger partial charge in [0, 0.05) is 37.3 Å². The van der Waals surface area contributed by atoms with Gasteiger partial charge in [-0.05, 0) is 49.1 Å². The first-order chi connectivity index (χ1) is 17.0. The van der Waals surface area contributed by atoms with Crippen LogP contribution < -0.4 is 15.4 Å². The standard InChI is InChI=1S/C28H35N3O4/c1-2-3-4-7-15-29-26(32)22-12-9-16-31(19-22)28(34)21-11-8-13-23(17-21)30-27(33)25-18-20-10-5-6-14-24(20)35-25/h5-6,8,10-11,13-14,17,22,25H,2-4,7,9,12,15-16,18-19H2,1H3,(H,29,32)(H,30,33). The van der Waals surface area contributed by atoms with E-state index in [0.29, 0.717) is 37.3 Å². The number of likely N-dealkylation sites (tertiary alicyclic amines) is 1. The maximum atomic E-state index is 13.2. The van der Waals surface area contributed by atoms with Crippen molar-refractivity contribution in [3.8, 4) is 5.75 Å². The summed E-state index contributed by atoms with van der Waals surface area (Å²) >= 11 is 0. The predicted octanol–water partition coefficient (Wildman–Crippen LogP) is 4.18. The lowest BCUT2D eigenvalue weighted by atomic mass is 9.96. The lowest BCUT2D eigenvalue weighted by Crippen LogP contribution is -2.45. The van der Waals surface area contributed by atoms with Crippen LogP contribution >= 0.6 is 0 Å². The van der Waals surface area contributed by atoms with Gasteiger partial charge in [-0.2, -0.15) is 0 Å². The number of unbranched alkanes of at least 4 members (excludes halogenated alkanes) is 3. The normalized spacial score (nSPS) is 18.9. The number of carbonyl (C=O) groups is 3. The molecule has 35 heavy (non-hydrogen) atoms. The third-order valence-electron chi connectivity index (χ3n) is 6.73. The van der Waals surface area contributed by atoms with Crippen LogP contribution in [0.1, 0.15) is 61.4 Å². The molecule has 4 rings (SSSR count). The highest BCUT2D eigenvalue weighted by molar-refractivity contribution is 5.99. The third kappa shape index (κ3) is 6.41. The lowest BCUT2D eigenvalue weighted by Gasteiger charge is -2.32. The van der Waals surface area contributed by atoms with Crippen molar-refractivity contribution in [1.82, 2.24) is 10.2 Å². The van der Waals surface area contributed by atoms with Gasteiger partial charge in [0.05, 0.1) is 5.92 Å². The van der Waals surface area contributed by atoms with Gasteiger partial charge in [0.15, 0.2) is 6.10 Å². The third-order valence-corrected chi connectivity index (χ3v) is 6.73. The van der Waals surface area contributed by atoms with E-state index in [2.05, 4.69) is 17.6 Å². The zero-order valence-corrected chi connectivity index (χ0v) is 20.4. The van der Waals surface area contributed by atoms with Crippen LogP contribution in [0.3, 0.4) is 0 Å². The highest BCUT2D eigenvalue weighted by Crippen LogP contribution is 2.29. The van der Waals surface area contributed by atoms with Crippen molar-refractivity contribution in [1.29, 1.82) is 0 Å². The molecule has 7 nitrogen and oxygen atoms in total. The minimum atomic E-state index is -0.588. The smallest absolute Gasteiger partial charge is 0.265 e. The summed E-state index contributed by atoms with van der Waals surface area (Å²) in [6.45, 7) is 3.91. The Kier molecular flexibility index (Phi) is 8.40. The molecular weight excluding hydrogens is 442 g/mol. The Balaban J connectivity index is 1.31. The number of amides is 3. The summed E-state index contributed by atoms with van der Waals surface area (Å²) in [7, 11) is 0. The number of nitrogens with one attached hydrogen (secondary N) is 2. The predicted molar refractivity (Wildman–Crippen MR) is 135 cm³/mol. The van der Waals surface area contributed by atoms with E-state index in [0.717, 1.165) is 37.0 Å². The SMILES string of the molecule is CCCCCCNC(=O)C1CCCN(C(=O)c2cccc(NC(=O)C3Cc4ccccc4O3)c2)C1. The minimum absolute atomic E-state index is 0.0394. The summed E-state index contributed by atoms with van der Waals surface area (Å²) < 4.78 is 5.77. The Morgan fingerprint density at radius 3 is 2.71 bits per heavy atom. The topological polar surface area (TPSA) is 87.7 Å². The van der Waals surface area contributed by atoms with Gasteiger partial charge in [-0.1, -0.05) is 50.5 Å². The van der Waals surface area contributed by atoms with Crippen LogP contribution in [0.15, 0.2) is 48.5 Å². The van der Waals surface area contributed by atoms with E-state index >= 15 is 0 Å². The quantitative estimate of drug-likeness (QED) is 0.531. The lowest BCUT2D eigenvalue weighted by molar-refractivity contribution is -0.126. The van der Waals surface area contributed by atoms with E-state index in [-0.39, 0.29) is 23.6 Å². The average molecular weight is 478 g/mol. The first-order valence-electron chi connectivity index (χ1n) is 12.8. The van der Waals surface area contributed by atoms with Crippen LogP contribution in [0.5, 0.6) is 5.75 Å². The van der Waals surface area contributed by atoms with Gasteiger partial charge in [0.25, 0.3) is 11.8 Å². The molecule has 2 aliphatic rings. The minimum Gasteiger partial charge on any atom is -0.480 e. The summed E-state index contributed by atoms with van der Waals surface area (Å²) in [5, 5.41) is 5.92. The Morgan fingerprint density at radius 2 is 1.89 bits per heavy atom. The molecule has 2 unspecified atom stereocenters. The molecule has 1 fully saturated rings. The molecule has 2 N–H and O–H groups in total. The van der Waals surface area contributed by atoms with E-state index in [4.69, 9.17) is 4.74 Å². The van der Waals surface area contributed by atoms with Gasteiger partial charge in [0.1, 0.15) is 5.75 Å². The number of carbonyl (C=O) groups excluding carboxylic acids is 3. The number of fused-ring (bicyclic) bond motifs is 1. The molecule has 7 heteroatoms. The van der Waals surface area contributed by atoms with E-state index in [1.54, 1.807) is 29.2 Å². The second-order valence-electron chi connectivity index (χ2n) is 9.43. The monoisotopic (exact) mass is 477 g/mol. The highest BCUT2D eigenvalue weighted by atomic mass is 16.5. The van der Waals surface area contributed by atoms with Crippen LogP contribution in [0.2, 0.25) is 0 Å². The van der Waals surface area contributed by atoms with Gasteiger partial charge in [-0.3, -0.25) is 14.4 Å². The number of anilines is 1. The first-order valence-corrected chi connectivity index (χ1v) is 12.8. The Morgan fingerprint density at radius 1 is 1.03 bits per heavy atom. The van der Waals surface area contributed by atoms with Crippen molar-refractivity contribution >= 4 is 23.4 Å². The van der Waals surface area contributed by atoms with Crippen molar-refractivity contribution < 1.29 is 19.1 Å². The van der Waals surface area contributed by atoms with E-state index < -0.39 is 6.10 Å². The molecule has 2 heterocycles. The summed E-state index contributed by atoms with van der Waals surface area (Å²) in [5.41, 5.74) is 2.07. The van der Waals surface area contributed by atoms with Gasteiger partial charge in [0.2, 0.25) is 5.91 Å². The fourth-order valence-electron chi connectivity index (χ4n) is 4.75. The molecule has 0 aliphatic carbocycles. The number of nitrogens with zero attached hydrogens (tertiary/aromatic N) is 1. The zero-order valence-electron chi connectivity index (χ0n) is 20.4. The van der Waals surface area contributed by atoms with Gasteiger partial charge < -0.3 is 20.3 Å². The summed E-state index contributed by atoms with van der Waals surface area (Å²) in [6, 6.07) is 14.6. The van der Waals surface area contributed by atoms with Crippen LogP contribution in [-0.2, 0) is 16.0 Å². The van der Waals surface area contributed by atoms with Gasteiger partial charge >= 0.3 is 0 Å². The Labute approximate surface area is 207 Å². The second kappa shape index (κ2) is 11.9. The Hall–Kier alpha value is -3.35. The second-order valence-corrected chi connectivity index (χ2v) is 9.43. The van der Waals surface area contributed by atoms with Crippen LogP contribution in [-0.4, -0.2) is 48.4 Å². The zero-order chi connectivity index (χ0) is 24.6. The largest absolute Gasteiger partial charge is 0.480 e.